The number of thioether (sulfide) groups is 1. The van der Waals surface area contributed by atoms with E-state index in [0.29, 0.717) is 10.7 Å². The largest absolute Gasteiger partial charge is 0.449 e. The molecule has 0 aliphatic heterocycles. The minimum Gasteiger partial charge on any atom is -0.449 e. The van der Waals surface area contributed by atoms with Crippen molar-refractivity contribution in [1.82, 2.24) is 9.97 Å². The lowest BCUT2D eigenvalue weighted by atomic mass is 10.1. The normalized spacial score (nSPS) is 11.8. The number of ether oxygens (including phenoxy) is 1. The van der Waals surface area contributed by atoms with Crippen molar-refractivity contribution in [2.45, 2.75) is 18.2 Å². The van der Waals surface area contributed by atoms with Crippen LogP contribution in [0.1, 0.15) is 27.8 Å². The SMILES string of the molecule is CSc1ncc(Cl)c(C(=O)O[C@H](C)C(=O)c2ccc(Br)cc2)n1. The topological polar surface area (TPSA) is 69.2 Å². The number of halogens is 2. The molecule has 2 rings (SSSR count). The fraction of sp³-hybridized carbons (Fsp3) is 0.200. The van der Waals surface area contributed by atoms with Gasteiger partial charge in [0, 0.05) is 10.0 Å². The molecular weight excluding hydrogens is 404 g/mol. The Kier molecular flexibility index (Phi) is 6.15. The van der Waals surface area contributed by atoms with Crippen LogP contribution < -0.4 is 0 Å². The highest BCUT2D eigenvalue weighted by Gasteiger charge is 2.23. The van der Waals surface area contributed by atoms with Gasteiger partial charge >= 0.3 is 5.97 Å². The molecule has 0 aliphatic rings. The number of carbonyl (C=O) groups is 2. The molecule has 0 aliphatic carbocycles. The van der Waals surface area contributed by atoms with Crippen molar-refractivity contribution in [3.05, 3.63) is 51.2 Å². The van der Waals surface area contributed by atoms with E-state index in [2.05, 4.69) is 25.9 Å². The molecule has 0 N–H and O–H groups in total. The summed E-state index contributed by atoms with van der Waals surface area (Å²) in [5, 5.41) is 0.476. The van der Waals surface area contributed by atoms with E-state index >= 15 is 0 Å². The monoisotopic (exact) mass is 414 g/mol. The van der Waals surface area contributed by atoms with Crippen LogP contribution in [0.2, 0.25) is 5.02 Å². The van der Waals surface area contributed by atoms with Crippen LogP contribution in [-0.4, -0.2) is 34.1 Å². The van der Waals surface area contributed by atoms with E-state index in [-0.39, 0.29) is 16.5 Å². The summed E-state index contributed by atoms with van der Waals surface area (Å²) in [5.41, 5.74) is 0.397. The van der Waals surface area contributed by atoms with E-state index in [1.165, 1.54) is 24.9 Å². The molecule has 0 amide bonds. The maximum Gasteiger partial charge on any atom is 0.359 e. The zero-order valence-electron chi connectivity index (χ0n) is 12.2. The summed E-state index contributed by atoms with van der Waals surface area (Å²) >= 11 is 10.5. The molecule has 5 nitrogen and oxygen atoms in total. The number of benzene rings is 1. The first-order chi connectivity index (χ1) is 10.9. The fourth-order valence-corrected chi connectivity index (χ4v) is 2.48. The van der Waals surface area contributed by atoms with Gasteiger partial charge in [0.1, 0.15) is 0 Å². The number of hydrogen-bond acceptors (Lipinski definition) is 6. The number of carbonyl (C=O) groups excluding carboxylic acids is 2. The second kappa shape index (κ2) is 7.90. The van der Waals surface area contributed by atoms with Crippen LogP contribution >= 0.6 is 39.3 Å². The van der Waals surface area contributed by atoms with Gasteiger partial charge in [-0.05, 0) is 25.3 Å². The van der Waals surface area contributed by atoms with E-state index in [1.807, 2.05) is 0 Å². The third kappa shape index (κ3) is 4.53. The molecule has 0 radical (unpaired) electrons. The number of hydrogen-bond donors (Lipinski definition) is 0. The highest BCUT2D eigenvalue weighted by Crippen LogP contribution is 2.19. The molecule has 0 saturated heterocycles. The minimum absolute atomic E-state index is 0.0542. The van der Waals surface area contributed by atoms with Crippen molar-refractivity contribution in [2.75, 3.05) is 6.26 Å². The number of nitrogens with zero attached hydrogens (tertiary/aromatic N) is 2. The first kappa shape index (κ1) is 17.9. The molecule has 0 saturated carbocycles. The van der Waals surface area contributed by atoms with Gasteiger partial charge in [-0.3, -0.25) is 4.79 Å². The Bertz CT molecular complexity index is 740. The van der Waals surface area contributed by atoms with E-state index in [4.69, 9.17) is 16.3 Å². The number of aromatic nitrogens is 2. The van der Waals surface area contributed by atoms with Crippen LogP contribution in [0.3, 0.4) is 0 Å². The molecule has 0 unspecified atom stereocenters. The van der Waals surface area contributed by atoms with E-state index in [0.717, 1.165) is 4.47 Å². The van der Waals surface area contributed by atoms with E-state index < -0.39 is 12.1 Å². The fourth-order valence-electron chi connectivity index (χ4n) is 1.71. The predicted molar refractivity (Wildman–Crippen MR) is 92.2 cm³/mol. The molecule has 1 heterocycles. The number of rotatable bonds is 5. The van der Waals surface area contributed by atoms with Crippen LogP contribution in [-0.2, 0) is 4.74 Å². The minimum atomic E-state index is -0.951. The van der Waals surface area contributed by atoms with Crippen LogP contribution in [0.4, 0.5) is 0 Å². The van der Waals surface area contributed by atoms with Crippen molar-refractivity contribution >= 4 is 51.0 Å². The molecule has 0 bridgehead atoms. The summed E-state index contributed by atoms with van der Waals surface area (Å²) < 4.78 is 6.04. The molecule has 8 heteroatoms. The number of ketones is 1. The van der Waals surface area contributed by atoms with Gasteiger partial charge in [-0.25, -0.2) is 14.8 Å². The van der Waals surface area contributed by atoms with Crippen molar-refractivity contribution in [1.29, 1.82) is 0 Å². The Labute approximate surface area is 150 Å². The second-order valence-electron chi connectivity index (χ2n) is 4.47. The summed E-state index contributed by atoms with van der Waals surface area (Å²) in [6.45, 7) is 1.51. The molecule has 1 atom stereocenters. The van der Waals surface area contributed by atoms with Gasteiger partial charge in [-0.15, -0.1) is 0 Å². The highest BCUT2D eigenvalue weighted by atomic mass is 79.9. The van der Waals surface area contributed by atoms with Crippen LogP contribution in [0.25, 0.3) is 0 Å². The predicted octanol–water partition coefficient (Wildman–Crippen LogP) is 4.04. The third-order valence-electron chi connectivity index (χ3n) is 2.88. The molecule has 1 aromatic carbocycles. The zero-order valence-corrected chi connectivity index (χ0v) is 15.4. The average molecular weight is 416 g/mol. The second-order valence-corrected chi connectivity index (χ2v) is 6.57. The molecule has 0 spiro atoms. The Morgan fingerprint density at radius 3 is 2.57 bits per heavy atom. The standard InChI is InChI=1S/C15H12BrClN2O3S/c1-8(13(20)9-3-5-10(16)6-4-9)22-14(21)12-11(17)7-18-15(19-12)23-2/h3-8H,1-2H3/t8-/m1/s1. The summed E-state index contributed by atoms with van der Waals surface area (Å²) in [7, 11) is 0. The highest BCUT2D eigenvalue weighted by molar-refractivity contribution is 9.10. The van der Waals surface area contributed by atoms with Crippen LogP contribution in [0.5, 0.6) is 0 Å². The molecule has 120 valence electrons. The van der Waals surface area contributed by atoms with Gasteiger partial charge in [0.15, 0.2) is 17.0 Å². The van der Waals surface area contributed by atoms with Gasteiger partial charge < -0.3 is 4.74 Å². The summed E-state index contributed by atoms with van der Waals surface area (Å²) in [6.07, 6.45) is 2.16. The smallest absolute Gasteiger partial charge is 0.359 e. The Hall–Kier alpha value is -1.44. The zero-order chi connectivity index (χ0) is 17.0. The lowest BCUT2D eigenvalue weighted by molar-refractivity contribution is 0.0312. The van der Waals surface area contributed by atoms with Crippen LogP contribution in [0, 0.1) is 0 Å². The average Bonchev–Trinajstić information content (AvgIpc) is 2.55. The van der Waals surface area contributed by atoms with E-state index in [9.17, 15) is 9.59 Å². The number of esters is 1. The molecule has 23 heavy (non-hydrogen) atoms. The maximum absolute atomic E-state index is 12.3. The molecular formula is C15H12BrClN2O3S. The lowest BCUT2D eigenvalue weighted by Crippen LogP contribution is -2.25. The first-order valence-electron chi connectivity index (χ1n) is 6.49. The summed E-state index contributed by atoms with van der Waals surface area (Å²) in [5.74, 6) is -1.06. The Morgan fingerprint density at radius 1 is 1.30 bits per heavy atom. The van der Waals surface area contributed by atoms with Gasteiger partial charge in [-0.1, -0.05) is 51.4 Å². The van der Waals surface area contributed by atoms with Gasteiger partial charge in [0.25, 0.3) is 0 Å². The van der Waals surface area contributed by atoms with Gasteiger partial charge in [-0.2, -0.15) is 0 Å². The lowest BCUT2D eigenvalue weighted by Gasteiger charge is -2.12. The van der Waals surface area contributed by atoms with Gasteiger partial charge in [0.05, 0.1) is 11.2 Å². The van der Waals surface area contributed by atoms with Crippen molar-refractivity contribution < 1.29 is 14.3 Å². The molecule has 0 fully saturated rings. The first-order valence-corrected chi connectivity index (χ1v) is 8.89. The van der Waals surface area contributed by atoms with Gasteiger partial charge in [0.2, 0.25) is 5.78 Å². The third-order valence-corrected chi connectivity index (χ3v) is 4.25. The summed E-state index contributed by atoms with van der Waals surface area (Å²) in [4.78, 5) is 32.4. The maximum atomic E-state index is 12.3. The Balaban J connectivity index is 2.13. The number of Topliss-reactive ketones (excluding diaryl/α,β-unsaturated/α-hetero) is 1. The van der Waals surface area contributed by atoms with Crippen molar-refractivity contribution in [3.8, 4) is 0 Å². The quantitative estimate of drug-likeness (QED) is 0.318. The molecule has 2 aromatic rings. The van der Waals surface area contributed by atoms with Crippen molar-refractivity contribution in [2.24, 2.45) is 0 Å². The van der Waals surface area contributed by atoms with Crippen molar-refractivity contribution in [3.63, 3.8) is 0 Å². The van der Waals surface area contributed by atoms with E-state index in [1.54, 1.807) is 30.5 Å². The summed E-state index contributed by atoms with van der Waals surface area (Å²) in [6, 6.07) is 6.79. The Morgan fingerprint density at radius 2 is 1.96 bits per heavy atom. The van der Waals surface area contributed by atoms with Crippen LogP contribution in [0.15, 0.2) is 40.1 Å². The molecule has 1 aromatic heterocycles.